The number of amides is 1. The van der Waals surface area contributed by atoms with E-state index >= 15 is 0 Å². The molecule has 94 valence electrons. The summed E-state index contributed by atoms with van der Waals surface area (Å²) < 4.78 is 0. The highest BCUT2D eigenvalue weighted by molar-refractivity contribution is 6.03. The van der Waals surface area contributed by atoms with Gasteiger partial charge in [0.2, 0.25) is 5.91 Å². The van der Waals surface area contributed by atoms with Crippen molar-refractivity contribution in [3.63, 3.8) is 0 Å². The zero-order chi connectivity index (χ0) is 13.1. The molecule has 1 heterocycles. The summed E-state index contributed by atoms with van der Waals surface area (Å²) in [6, 6.07) is 6.84. The van der Waals surface area contributed by atoms with Crippen molar-refractivity contribution in [2.45, 2.75) is 20.3 Å². The summed E-state index contributed by atoms with van der Waals surface area (Å²) in [6.07, 6.45) is 2.41. The molecule has 1 amide bonds. The number of pyridine rings is 1. The maximum Gasteiger partial charge on any atom is 0.227 e. The maximum atomic E-state index is 11.9. The molecule has 0 saturated heterocycles. The fraction of sp³-hybridized carbons (Fsp3) is 0.286. The van der Waals surface area contributed by atoms with Gasteiger partial charge < -0.3 is 10.4 Å². The second-order valence-corrected chi connectivity index (χ2v) is 4.33. The van der Waals surface area contributed by atoms with Crippen molar-refractivity contribution in [1.29, 1.82) is 0 Å². The molecular weight excluding hydrogens is 228 g/mol. The summed E-state index contributed by atoms with van der Waals surface area (Å²) in [7, 11) is 0. The number of fused-ring (bicyclic) bond motifs is 1. The van der Waals surface area contributed by atoms with Crippen LogP contribution in [0.2, 0.25) is 0 Å². The highest BCUT2D eigenvalue weighted by Crippen LogP contribution is 2.29. The van der Waals surface area contributed by atoms with E-state index in [0.29, 0.717) is 11.2 Å². The number of nitrogens with one attached hydrogen (secondary N) is 1. The molecule has 2 N–H and O–H groups in total. The van der Waals surface area contributed by atoms with E-state index in [-0.39, 0.29) is 17.6 Å². The van der Waals surface area contributed by atoms with Gasteiger partial charge in [-0.2, -0.15) is 0 Å². The van der Waals surface area contributed by atoms with Gasteiger partial charge in [0.05, 0.1) is 5.69 Å². The molecule has 0 radical (unpaired) electrons. The zero-order valence-corrected chi connectivity index (χ0v) is 10.5. The standard InChI is InChI=1S/C14H16N2O2/c1-3-9(2)14(18)16-11-6-7-12(17)13-10(11)5-4-8-15-13/h4-9,17H,3H2,1-2H3,(H,16,18). The summed E-state index contributed by atoms with van der Waals surface area (Å²) in [4.78, 5) is 16.0. The van der Waals surface area contributed by atoms with E-state index in [1.165, 1.54) is 0 Å². The first-order valence-electron chi connectivity index (χ1n) is 6.01. The summed E-state index contributed by atoms with van der Waals surface area (Å²) >= 11 is 0. The van der Waals surface area contributed by atoms with Crippen LogP contribution in [0.5, 0.6) is 5.75 Å². The molecule has 4 heteroatoms. The quantitative estimate of drug-likeness (QED) is 0.816. The van der Waals surface area contributed by atoms with Gasteiger partial charge in [0.25, 0.3) is 0 Å². The van der Waals surface area contributed by atoms with Gasteiger partial charge in [0.15, 0.2) is 0 Å². The molecule has 0 aliphatic heterocycles. The molecular formula is C14H16N2O2. The number of aromatic nitrogens is 1. The number of nitrogens with zero attached hydrogens (tertiary/aromatic N) is 1. The van der Waals surface area contributed by atoms with Gasteiger partial charge in [0, 0.05) is 17.5 Å². The third kappa shape index (κ3) is 2.27. The Hall–Kier alpha value is -2.10. The van der Waals surface area contributed by atoms with Gasteiger partial charge in [0.1, 0.15) is 11.3 Å². The molecule has 0 aliphatic carbocycles. The van der Waals surface area contributed by atoms with Crippen molar-refractivity contribution in [1.82, 2.24) is 4.98 Å². The molecule has 1 unspecified atom stereocenters. The second-order valence-electron chi connectivity index (χ2n) is 4.33. The topological polar surface area (TPSA) is 62.2 Å². The van der Waals surface area contributed by atoms with Crippen LogP contribution in [0.25, 0.3) is 10.9 Å². The van der Waals surface area contributed by atoms with Crippen molar-refractivity contribution in [2.75, 3.05) is 5.32 Å². The van der Waals surface area contributed by atoms with Crippen LogP contribution in [0, 0.1) is 5.92 Å². The summed E-state index contributed by atoms with van der Waals surface area (Å²) in [5.74, 6) is 0.0611. The van der Waals surface area contributed by atoms with Gasteiger partial charge in [-0.15, -0.1) is 0 Å². The fourth-order valence-electron chi connectivity index (χ4n) is 1.71. The molecule has 0 saturated carbocycles. The van der Waals surface area contributed by atoms with Gasteiger partial charge in [-0.1, -0.05) is 13.8 Å². The average Bonchev–Trinajstić information content (AvgIpc) is 2.41. The molecule has 4 nitrogen and oxygen atoms in total. The molecule has 0 fully saturated rings. The Bertz CT molecular complexity index is 581. The van der Waals surface area contributed by atoms with E-state index in [4.69, 9.17) is 0 Å². The minimum Gasteiger partial charge on any atom is -0.506 e. The first-order valence-corrected chi connectivity index (χ1v) is 6.01. The number of carbonyl (C=O) groups is 1. The van der Waals surface area contributed by atoms with Crippen LogP contribution >= 0.6 is 0 Å². The molecule has 2 aromatic rings. The summed E-state index contributed by atoms with van der Waals surface area (Å²) in [6.45, 7) is 3.86. The number of aromatic hydroxyl groups is 1. The van der Waals surface area contributed by atoms with Crippen LogP contribution < -0.4 is 5.32 Å². The lowest BCUT2D eigenvalue weighted by Crippen LogP contribution is -2.19. The second kappa shape index (κ2) is 5.04. The first kappa shape index (κ1) is 12.4. The largest absolute Gasteiger partial charge is 0.506 e. The minimum absolute atomic E-state index is 0.0201. The Morgan fingerprint density at radius 3 is 2.94 bits per heavy atom. The van der Waals surface area contributed by atoms with Crippen molar-refractivity contribution < 1.29 is 9.90 Å². The van der Waals surface area contributed by atoms with E-state index in [1.807, 2.05) is 19.9 Å². The SMILES string of the molecule is CCC(C)C(=O)Nc1ccc(O)c2ncccc12. The number of rotatable bonds is 3. The van der Waals surface area contributed by atoms with Crippen LogP contribution in [-0.4, -0.2) is 16.0 Å². The van der Waals surface area contributed by atoms with Gasteiger partial charge in [-0.05, 0) is 30.7 Å². The summed E-state index contributed by atoms with van der Waals surface area (Å²) in [5.41, 5.74) is 1.18. The molecule has 2 rings (SSSR count). The molecule has 1 aromatic heterocycles. The zero-order valence-electron chi connectivity index (χ0n) is 10.5. The Kier molecular flexibility index (Phi) is 3.46. The normalized spacial score (nSPS) is 12.3. The molecule has 18 heavy (non-hydrogen) atoms. The highest BCUT2D eigenvalue weighted by atomic mass is 16.3. The molecule has 0 bridgehead atoms. The van der Waals surface area contributed by atoms with Crippen LogP contribution in [0.3, 0.4) is 0 Å². The highest BCUT2D eigenvalue weighted by Gasteiger charge is 2.13. The van der Waals surface area contributed by atoms with Crippen molar-refractivity contribution in [3.8, 4) is 5.75 Å². The predicted molar refractivity (Wildman–Crippen MR) is 71.5 cm³/mol. The van der Waals surface area contributed by atoms with Gasteiger partial charge in [-0.3, -0.25) is 9.78 Å². The minimum atomic E-state index is -0.0366. The Labute approximate surface area is 106 Å². The lowest BCUT2D eigenvalue weighted by molar-refractivity contribution is -0.119. The molecule has 0 aliphatic rings. The van der Waals surface area contributed by atoms with Crippen LogP contribution in [0.1, 0.15) is 20.3 Å². The predicted octanol–water partition coefficient (Wildman–Crippen LogP) is 2.93. The number of phenolic OH excluding ortho intramolecular Hbond substituents is 1. The van der Waals surface area contributed by atoms with E-state index < -0.39 is 0 Å². The number of anilines is 1. The van der Waals surface area contributed by atoms with E-state index in [2.05, 4.69) is 10.3 Å². The lowest BCUT2D eigenvalue weighted by atomic mass is 10.1. The first-order chi connectivity index (χ1) is 8.63. The Morgan fingerprint density at radius 1 is 1.44 bits per heavy atom. The number of benzene rings is 1. The molecule has 1 atom stereocenters. The molecule has 0 spiro atoms. The number of hydrogen-bond acceptors (Lipinski definition) is 3. The van der Waals surface area contributed by atoms with E-state index in [0.717, 1.165) is 11.8 Å². The van der Waals surface area contributed by atoms with Crippen LogP contribution in [0.4, 0.5) is 5.69 Å². The Morgan fingerprint density at radius 2 is 2.22 bits per heavy atom. The van der Waals surface area contributed by atoms with Crippen LogP contribution in [-0.2, 0) is 4.79 Å². The summed E-state index contributed by atoms with van der Waals surface area (Å²) in [5, 5.41) is 13.3. The molecule has 1 aromatic carbocycles. The Balaban J connectivity index is 2.40. The smallest absolute Gasteiger partial charge is 0.227 e. The number of phenols is 1. The monoisotopic (exact) mass is 244 g/mol. The number of hydrogen-bond donors (Lipinski definition) is 2. The lowest BCUT2D eigenvalue weighted by Gasteiger charge is -2.12. The van der Waals surface area contributed by atoms with Crippen molar-refractivity contribution >= 4 is 22.5 Å². The van der Waals surface area contributed by atoms with Crippen LogP contribution in [0.15, 0.2) is 30.5 Å². The maximum absolute atomic E-state index is 11.9. The van der Waals surface area contributed by atoms with Crippen molar-refractivity contribution in [2.24, 2.45) is 5.92 Å². The van der Waals surface area contributed by atoms with Gasteiger partial charge in [-0.25, -0.2) is 0 Å². The van der Waals surface area contributed by atoms with Gasteiger partial charge >= 0.3 is 0 Å². The fourth-order valence-corrected chi connectivity index (χ4v) is 1.71. The van der Waals surface area contributed by atoms with E-state index in [9.17, 15) is 9.90 Å². The van der Waals surface area contributed by atoms with E-state index in [1.54, 1.807) is 24.4 Å². The third-order valence-electron chi connectivity index (χ3n) is 3.07. The van der Waals surface area contributed by atoms with Crippen molar-refractivity contribution in [3.05, 3.63) is 30.5 Å². The third-order valence-corrected chi connectivity index (χ3v) is 3.07. The number of carbonyl (C=O) groups excluding carboxylic acids is 1. The average molecular weight is 244 g/mol.